The summed E-state index contributed by atoms with van der Waals surface area (Å²) in [5.74, 6) is -4.75. The Morgan fingerprint density at radius 3 is 2.08 bits per heavy atom. The van der Waals surface area contributed by atoms with Crippen molar-refractivity contribution in [1.82, 2.24) is 10.2 Å². The van der Waals surface area contributed by atoms with Crippen molar-refractivity contribution in [3.63, 3.8) is 0 Å². The fraction of sp³-hybridized carbons (Fsp3) is 0.385. The molecule has 0 spiro atoms. The van der Waals surface area contributed by atoms with Crippen LogP contribution >= 0.6 is 0 Å². The van der Waals surface area contributed by atoms with Crippen LogP contribution in [0, 0.1) is 5.82 Å². The number of rotatable bonds is 9. The van der Waals surface area contributed by atoms with Gasteiger partial charge in [-0.05, 0) is 48.9 Å². The van der Waals surface area contributed by atoms with Crippen molar-refractivity contribution in [2.24, 2.45) is 0 Å². The standard InChI is InChI=1S/C24H29FN4O4.C2HF3O2/c1-2-3-10-26-22(30)16-28-11-13-29(14-12-28)21-9-8-19(15-20(21)24(32)33)27-23(31)17-4-6-18(25)7-5-17;3-2(4,5)1(6)7/h4-9,15H,2-3,10-14,16H2,1H3,(H,26,30)(H,27,31)(H,32,33);(H,6,7). The normalized spacial score (nSPS) is 13.6. The van der Waals surface area contributed by atoms with E-state index in [2.05, 4.69) is 22.5 Å². The molecule has 0 aromatic heterocycles. The topological polar surface area (TPSA) is 139 Å². The van der Waals surface area contributed by atoms with E-state index < -0.39 is 29.8 Å². The molecule has 3 rings (SSSR count). The number of nitrogens with zero attached hydrogens (tertiary/aromatic N) is 2. The Morgan fingerprint density at radius 1 is 0.950 bits per heavy atom. The van der Waals surface area contributed by atoms with Crippen LogP contribution in [0.4, 0.5) is 28.9 Å². The fourth-order valence-corrected chi connectivity index (χ4v) is 3.68. The minimum atomic E-state index is -5.08. The van der Waals surface area contributed by atoms with Gasteiger partial charge < -0.3 is 25.7 Å². The van der Waals surface area contributed by atoms with Crippen molar-refractivity contribution < 1.29 is 47.0 Å². The van der Waals surface area contributed by atoms with E-state index in [1.54, 1.807) is 12.1 Å². The molecule has 0 aliphatic carbocycles. The van der Waals surface area contributed by atoms with Crippen LogP contribution in [0.5, 0.6) is 0 Å². The lowest BCUT2D eigenvalue weighted by molar-refractivity contribution is -0.192. The van der Waals surface area contributed by atoms with Gasteiger partial charge in [0.15, 0.2) is 0 Å². The lowest BCUT2D eigenvalue weighted by Gasteiger charge is -2.36. The number of benzene rings is 2. The van der Waals surface area contributed by atoms with Gasteiger partial charge in [-0.15, -0.1) is 0 Å². The zero-order valence-electron chi connectivity index (χ0n) is 21.6. The van der Waals surface area contributed by atoms with Crippen LogP contribution in [0.3, 0.4) is 0 Å². The summed E-state index contributed by atoms with van der Waals surface area (Å²) < 4.78 is 44.8. The number of aliphatic carboxylic acids is 1. The van der Waals surface area contributed by atoms with Gasteiger partial charge in [-0.25, -0.2) is 14.0 Å². The second-order valence-corrected chi connectivity index (χ2v) is 8.77. The third-order valence-electron chi connectivity index (χ3n) is 5.77. The first kappa shape index (κ1) is 32.0. The van der Waals surface area contributed by atoms with Crippen molar-refractivity contribution in [1.29, 1.82) is 0 Å². The van der Waals surface area contributed by atoms with E-state index in [4.69, 9.17) is 9.90 Å². The van der Waals surface area contributed by atoms with Gasteiger partial charge in [-0.2, -0.15) is 13.2 Å². The Labute approximate surface area is 227 Å². The molecule has 1 saturated heterocycles. The first-order chi connectivity index (χ1) is 18.8. The van der Waals surface area contributed by atoms with Crippen molar-refractivity contribution in [3.05, 3.63) is 59.4 Å². The number of nitrogens with one attached hydrogen (secondary N) is 2. The molecule has 1 aliphatic heterocycles. The number of carbonyl (C=O) groups is 4. The van der Waals surface area contributed by atoms with Crippen LogP contribution in [0.1, 0.15) is 40.5 Å². The number of piperazine rings is 1. The summed E-state index contributed by atoms with van der Waals surface area (Å²) in [4.78, 5) is 49.2. The third-order valence-corrected chi connectivity index (χ3v) is 5.77. The summed E-state index contributed by atoms with van der Waals surface area (Å²) in [5.41, 5.74) is 1.26. The van der Waals surface area contributed by atoms with Gasteiger partial charge in [0.2, 0.25) is 5.91 Å². The number of carboxylic acids is 2. The number of carboxylic acid groups (broad SMARTS) is 2. The molecule has 0 radical (unpaired) electrons. The lowest BCUT2D eigenvalue weighted by atomic mass is 10.1. The average molecular weight is 571 g/mol. The average Bonchev–Trinajstić information content (AvgIpc) is 2.89. The Balaban J connectivity index is 0.000000708. The highest BCUT2D eigenvalue weighted by atomic mass is 19.4. The molecule has 0 atom stereocenters. The maximum Gasteiger partial charge on any atom is 0.490 e. The molecular formula is C26H30F4N4O6. The fourth-order valence-electron chi connectivity index (χ4n) is 3.68. The molecule has 10 nitrogen and oxygen atoms in total. The highest BCUT2D eigenvalue weighted by Crippen LogP contribution is 2.26. The number of amides is 2. The van der Waals surface area contributed by atoms with Crippen LogP contribution in [0.25, 0.3) is 0 Å². The molecule has 218 valence electrons. The summed E-state index contributed by atoms with van der Waals surface area (Å²) in [7, 11) is 0. The second kappa shape index (κ2) is 14.8. The third kappa shape index (κ3) is 10.2. The van der Waals surface area contributed by atoms with Gasteiger partial charge in [-0.3, -0.25) is 14.5 Å². The molecule has 4 N–H and O–H groups in total. The number of alkyl halides is 3. The summed E-state index contributed by atoms with van der Waals surface area (Å²) in [6.07, 6.45) is -3.10. The minimum absolute atomic E-state index is 0.00405. The van der Waals surface area contributed by atoms with Crippen molar-refractivity contribution in [2.45, 2.75) is 25.9 Å². The molecule has 0 saturated carbocycles. The first-order valence-electron chi connectivity index (χ1n) is 12.3. The molecule has 40 heavy (non-hydrogen) atoms. The Morgan fingerprint density at radius 2 is 1.55 bits per heavy atom. The highest BCUT2D eigenvalue weighted by molar-refractivity contribution is 6.05. The summed E-state index contributed by atoms with van der Waals surface area (Å²) in [5, 5.41) is 22.4. The first-order valence-corrected chi connectivity index (χ1v) is 12.3. The van der Waals surface area contributed by atoms with Crippen LogP contribution in [-0.2, 0) is 9.59 Å². The van der Waals surface area contributed by atoms with Gasteiger partial charge in [-0.1, -0.05) is 13.3 Å². The largest absolute Gasteiger partial charge is 0.490 e. The molecule has 0 bridgehead atoms. The highest BCUT2D eigenvalue weighted by Gasteiger charge is 2.38. The van der Waals surface area contributed by atoms with E-state index in [0.717, 1.165) is 12.8 Å². The number of unbranched alkanes of at least 4 members (excludes halogenated alkanes) is 1. The van der Waals surface area contributed by atoms with Gasteiger partial charge in [0.05, 0.1) is 17.8 Å². The predicted molar refractivity (Wildman–Crippen MR) is 138 cm³/mol. The molecule has 2 aromatic rings. The van der Waals surface area contributed by atoms with Crippen molar-refractivity contribution in [3.8, 4) is 0 Å². The van der Waals surface area contributed by atoms with Crippen molar-refractivity contribution in [2.75, 3.05) is 49.5 Å². The van der Waals surface area contributed by atoms with Gasteiger partial charge in [0.1, 0.15) is 5.82 Å². The smallest absolute Gasteiger partial charge is 0.478 e. The van der Waals surface area contributed by atoms with E-state index in [1.807, 2.05) is 4.90 Å². The molecule has 14 heteroatoms. The van der Waals surface area contributed by atoms with E-state index in [-0.39, 0.29) is 17.0 Å². The number of hydrogen-bond donors (Lipinski definition) is 4. The van der Waals surface area contributed by atoms with Crippen LogP contribution in [-0.4, -0.2) is 84.3 Å². The molecule has 2 aromatic carbocycles. The molecule has 1 fully saturated rings. The molecule has 1 heterocycles. The van der Waals surface area contributed by atoms with Crippen LogP contribution in [0.2, 0.25) is 0 Å². The number of carbonyl (C=O) groups excluding carboxylic acids is 2. The number of halogens is 4. The number of aromatic carboxylic acids is 1. The predicted octanol–water partition coefficient (Wildman–Crippen LogP) is 3.45. The van der Waals surface area contributed by atoms with Gasteiger partial charge in [0, 0.05) is 44.0 Å². The maximum atomic E-state index is 13.1. The zero-order chi connectivity index (χ0) is 29.9. The number of anilines is 2. The molecule has 2 amide bonds. The molecule has 0 unspecified atom stereocenters. The summed E-state index contributed by atoms with van der Waals surface area (Å²) >= 11 is 0. The number of hydrogen-bond acceptors (Lipinski definition) is 6. The summed E-state index contributed by atoms with van der Waals surface area (Å²) in [6.45, 7) is 5.54. The van der Waals surface area contributed by atoms with E-state index in [0.29, 0.717) is 50.6 Å². The van der Waals surface area contributed by atoms with E-state index in [9.17, 15) is 37.1 Å². The quantitative estimate of drug-likeness (QED) is 0.266. The Hall–Kier alpha value is -4.20. The van der Waals surface area contributed by atoms with Crippen LogP contribution in [0.15, 0.2) is 42.5 Å². The van der Waals surface area contributed by atoms with E-state index >= 15 is 0 Å². The van der Waals surface area contributed by atoms with Gasteiger partial charge >= 0.3 is 18.1 Å². The van der Waals surface area contributed by atoms with E-state index in [1.165, 1.54) is 30.3 Å². The minimum Gasteiger partial charge on any atom is -0.478 e. The maximum absolute atomic E-state index is 13.1. The monoisotopic (exact) mass is 570 g/mol. The molecule has 1 aliphatic rings. The molecular weight excluding hydrogens is 540 g/mol. The SMILES string of the molecule is CCCCNC(=O)CN1CCN(c2ccc(NC(=O)c3ccc(F)cc3)cc2C(=O)O)CC1.O=C(O)C(F)(F)F. The Bertz CT molecular complexity index is 1180. The van der Waals surface area contributed by atoms with Gasteiger partial charge in [0.25, 0.3) is 5.91 Å². The zero-order valence-corrected chi connectivity index (χ0v) is 21.6. The lowest BCUT2D eigenvalue weighted by Crippen LogP contribution is -2.49. The van der Waals surface area contributed by atoms with Crippen LogP contribution < -0.4 is 15.5 Å². The Kier molecular flexibility index (Phi) is 11.9. The second-order valence-electron chi connectivity index (χ2n) is 8.77. The van der Waals surface area contributed by atoms with Crippen molar-refractivity contribution >= 4 is 35.1 Å². The summed E-state index contributed by atoms with van der Waals surface area (Å²) in [6, 6.07) is 9.85.